The van der Waals surface area contributed by atoms with Crippen molar-refractivity contribution in [3.63, 3.8) is 0 Å². The van der Waals surface area contributed by atoms with E-state index >= 15 is 0 Å². The molecule has 0 atom stereocenters. The van der Waals surface area contributed by atoms with E-state index in [0.29, 0.717) is 18.0 Å². The second kappa shape index (κ2) is 6.99. The summed E-state index contributed by atoms with van der Waals surface area (Å²) in [5.74, 6) is -0.00412. The highest BCUT2D eigenvalue weighted by Crippen LogP contribution is 2.26. The summed E-state index contributed by atoms with van der Waals surface area (Å²) in [6.45, 7) is 2.10. The molecule has 0 aliphatic heterocycles. The lowest BCUT2D eigenvalue weighted by Gasteiger charge is -2.03. The number of carbonyl (C=O) groups is 1. The lowest BCUT2D eigenvalue weighted by molar-refractivity contribution is 0.0526. The number of carbonyl (C=O) groups excluding carboxylic acids is 1. The molecule has 2 heterocycles. The van der Waals surface area contributed by atoms with Gasteiger partial charge in [0.25, 0.3) is 0 Å². The van der Waals surface area contributed by atoms with Crippen molar-refractivity contribution in [3.05, 3.63) is 72.3 Å². The zero-order valence-corrected chi connectivity index (χ0v) is 14.6. The van der Waals surface area contributed by atoms with Crippen LogP contribution in [0.5, 0.6) is 0 Å². The molecule has 0 saturated heterocycles. The molecule has 0 aliphatic carbocycles. The standard InChI is InChI=1S/C21H16FN3O2/c1-2-27-21(26)14-5-8-18-19(10-14)25-20(24-18)16-9-15(11-23-12-16)13-3-6-17(22)7-4-13/h3-12H,2H2,1H3,(H,24,25). The Morgan fingerprint density at radius 1 is 1.04 bits per heavy atom. The molecule has 5 nitrogen and oxygen atoms in total. The molecule has 0 saturated carbocycles. The van der Waals surface area contributed by atoms with Crippen molar-refractivity contribution in [1.82, 2.24) is 15.0 Å². The number of rotatable bonds is 4. The van der Waals surface area contributed by atoms with E-state index in [4.69, 9.17) is 4.74 Å². The van der Waals surface area contributed by atoms with Crippen molar-refractivity contribution in [1.29, 1.82) is 0 Å². The van der Waals surface area contributed by atoms with Crippen molar-refractivity contribution >= 4 is 17.0 Å². The average molecular weight is 361 g/mol. The molecule has 4 aromatic rings. The first-order valence-corrected chi connectivity index (χ1v) is 8.52. The second-order valence-corrected chi connectivity index (χ2v) is 6.01. The van der Waals surface area contributed by atoms with E-state index in [-0.39, 0.29) is 11.8 Å². The zero-order valence-electron chi connectivity index (χ0n) is 14.6. The van der Waals surface area contributed by atoms with Gasteiger partial charge in [-0.1, -0.05) is 12.1 Å². The van der Waals surface area contributed by atoms with Crippen molar-refractivity contribution in [2.75, 3.05) is 6.61 Å². The predicted molar refractivity (Wildman–Crippen MR) is 101 cm³/mol. The monoisotopic (exact) mass is 361 g/mol. The van der Waals surface area contributed by atoms with Crippen LogP contribution in [-0.4, -0.2) is 27.5 Å². The van der Waals surface area contributed by atoms with Gasteiger partial charge in [-0.15, -0.1) is 0 Å². The van der Waals surface area contributed by atoms with E-state index in [1.54, 1.807) is 49.6 Å². The number of H-pyrrole nitrogens is 1. The minimum Gasteiger partial charge on any atom is -0.462 e. The highest BCUT2D eigenvalue weighted by Gasteiger charge is 2.11. The van der Waals surface area contributed by atoms with Gasteiger partial charge in [0.05, 0.1) is 23.2 Å². The maximum absolute atomic E-state index is 13.1. The van der Waals surface area contributed by atoms with Gasteiger partial charge in [-0.25, -0.2) is 14.2 Å². The van der Waals surface area contributed by atoms with Gasteiger partial charge in [0.1, 0.15) is 11.6 Å². The van der Waals surface area contributed by atoms with Gasteiger partial charge in [0.2, 0.25) is 0 Å². The van der Waals surface area contributed by atoms with Crippen LogP contribution in [-0.2, 0) is 4.74 Å². The van der Waals surface area contributed by atoms with Gasteiger partial charge in [0.15, 0.2) is 0 Å². The lowest BCUT2D eigenvalue weighted by Crippen LogP contribution is -2.04. The van der Waals surface area contributed by atoms with Gasteiger partial charge in [-0.2, -0.15) is 0 Å². The van der Waals surface area contributed by atoms with Crippen LogP contribution in [0.15, 0.2) is 60.9 Å². The average Bonchev–Trinajstić information content (AvgIpc) is 3.12. The highest BCUT2D eigenvalue weighted by molar-refractivity contribution is 5.94. The Hall–Kier alpha value is -3.54. The number of aromatic nitrogens is 3. The normalized spacial score (nSPS) is 10.9. The topological polar surface area (TPSA) is 67.9 Å². The van der Waals surface area contributed by atoms with Gasteiger partial charge in [-0.3, -0.25) is 4.98 Å². The summed E-state index contributed by atoms with van der Waals surface area (Å²) in [5, 5.41) is 0. The molecular weight excluding hydrogens is 345 g/mol. The number of aromatic amines is 1. The third-order valence-electron chi connectivity index (χ3n) is 4.18. The molecule has 1 N–H and O–H groups in total. The maximum atomic E-state index is 13.1. The third kappa shape index (κ3) is 3.42. The van der Waals surface area contributed by atoms with Crippen molar-refractivity contribution in [2.45, 2.75) is 6.92 Å². The van der Waals surface area contributed by atoms with Crippen LogP contribution in [0.2, 0.25) is 0 Å². The van der Waals surface area contributed by atoms with Crippen LogP contribution in [0, 0.1) is 5.82 Å². The Bertz CT molecular complexity index is 1120. The van der Waals surface area contributed by atoms with Gasteiger partial charge < -0.3 is 9.72 Å². The number of nitrogens with one attached hydrogen (secondary N) is 1. The largest absolute Gasteiger partial charge is 0.462 e. The minimum atomic E-state index is -0.365. The maximum Gasteiger partial charge on any atom is 0.338 e. The summed E-state index contributed by atoms with van der Waals surface area (Å²) >= 11 is 0. The number of pyridine rings is 1. The number of nitrogens with zero attached hydrogens (tertiary/aromatic N) is 2. The van der Waals surface area contributed by atoms with Crippen LogP contribution >= 0.6 is 0 Å². The van der Waals surface area contributed by atoms with E-state index in [2.05, 4.69) is 15.0 Å². The zero-order chi connectivity index (χ0) is 18.8. The first-order chi connectivity index (χ1) is 13.1. The quantitative estimate of drug-likeness (QED) is 0.539. The highest BCUT2D eigenvalue weighted by atomic mass is 19.1. The molecule has 0 amide bonds. The summed E-state index contributed by atoms with van der Waals surface area (Å²) in [6, 6.07) is 13.4. The molecule has 0 spiro atoms. The molecular formula is C21H16FN3O2. The molecule has 0 bridgehead atoms. The number of halogens is 1. The van der Waals surface area contributed by atoms with Crippen molar-refractivity contribution < 1.29 is 13.9 Å². The van der Waals surface area contributed by atoms with Gasteiger partial charge in [-0.05, 0) is 48.9 Å². The summed E-state index contributed by atoms with van der Waals surface area (Å²) in [7, 11) is 0. The fourth-order valence-corrected chi connectivity index (χ4v) is 2.86. The summed E-state index contributed by atoms with van der Waals surface area (Å²) in [6.07, 6.45) is 3.43. The number of hydrogen-bond acceptors (Lipinski definition) is 4. The Kier molecular flexibility index (Phi) is 4.38. The predicted octanol–water partition coefficient (Wildman–Crippen LogP) is 4.61. The molecule has 2 aromatic heterocycles. The summed E-state index contributed by atoms with van der Waals surface area (Å²) in [4.78, 5) is 24.0. The SMILES string of the molecule is CCOC(=O)c1ccc2nc(-c3cncc(-c4ccc(F)cc4)c3)[nH]c2c1. The Balaban J connectivity index is 1.71. The molecule has 4 rings (SSSR count). The molecule has 6 heteroatoms. The number of hydrogen-bond donors (Lipinski definition) is 1. The smallest absolute Gasteiger partial charge is 0.338 e. The molecule has 0 unspecified atom stereocenters. The number of esters is 1. The Labute approximate surface area is 154 Å². The molecule has 0 radical (unpaired) electrons. The van der Waals surface area contributed by atoms with Crippen LogP contribution < -0.4 is 0 Å². The Morgan fingerprint density at radius 2 is 1.81 bits per heavy atom. The van der Waals surface area contributed by atoms with E-state index in [9.17, 15) is 9.18 Å². The minimum absolute atomic E-state index is 0.280. The molecule has 27 heavy (non-hydrogen) atoms. The van der Waals surface area contributed by atoms with Gasteiger partial charge >= 0.3 is 5.97 Å². The first kappa shape index (κ1) is 16.9. The fourth-order valence-electron chi connectivity index (χ4n) is 2.86. The number of fused-ring (bicyclic) bond motifs is 1. The lowest BCUT2D eigenvalue weighted by atomic mass is 10.1. The van der Waals surface area contributed by atoms with Crippen LogP contribution in [0.4, 0.5) is 4.39 Å². The van der Waals surface area contributed by atoms with Crippen molar-refractivity contribution in [3.8, 4) is 22.5 Å². The molecule has 134 valence electrons. The van der Waals surface area contributed by atoms with E-state index in [1.165, 1.54) is 12.1 Å². The summed E-state index contributed by atoms with van der Waals surface area (Å²) < 4.78 is 18.2. The molecule has 0 fully saturated rings. The van der Waals surface area contributed by atoms with E-state index in [1.807, 2.05) is 6.07 Å². The van der Waals surface area contributed by atoms with E-state index in [0.717, 1.165) is 27.7 Å². The number of ether oxygens (including phenoxy) is 1. The third-order valence-corrected chi connectivity index (χ3v) is 4.18. The fraction of sp³-hybridized carbons (Fsp3) is 0.0952. The Morgan fingerprint density at radius 3 is 2.59 bits per heavy atom. The first-order valence-electron chi connectivity index (χ1n) is 8.52. The summed E-state index contributed by atoms with van der Waals surface area (Å²) in [5.41, 5.74) is 4.48. The molecule has 0 aliphatic rings. The van der Waals surface area contributed by atoms with E-state index < -0.39 is 0 Å². The number of benzene rings is 2. The van der Waals surface area contributed by atoms with Crippen LogP contribution in [0.1, 0.15) is 17.3 Å². The van der Waals surface area contributed by atoms with Crippen LogP contribution in [0.3, 0.4) is 0 Å². The molecule has 2 aromatic carbocycles. The van der Waals surface area contributed by atoms with Crippen LogP contribution in [0.25, 0.3) is 33.5 Å². The van der Waals surface area contributed by atoms with Crippen molar-refractivity contribution in [2.24, 2.45) is 0 Å². The second-order valence-electron chi connectivity index (χ2n) is 6.01. The number of imidazole rings is 1. The van der Waals surface area contributed by atoms with Gasteiger partial charge in [0, 0.05) is 23.5 Å².